The highest BCUT2D eigenvalue weighted by Crippen LogP contribution is 2.11. The zero-order chi connectivity index (χ0) is 19.5. The van der Waals surface area contributed by atoms with Gasteiger partial charge in [0, 0.05) is 32.6 Å². The van der Waals surface area contributed by atoms with Crippen LogP contribution in [0.5, 0.6) is 0 Å². The third kappa shape index (κ3) is 14.5. The quantitative estimate of drug-likeness (QED) is 0.341. The van der Waals surface area contributed by atoms with E-state index in [9.17, 15) is 9.90 Å². The van der Waals surface area contributed by atoms with Gasteiger partial charge in [-0.1, -0.05) is 65.2 Å². The van der Waals surface area contributed by atoms with Crippen molar-refractivity contribution in [1.82, 2.24) is 9.80 Å². The number of aliphatic hydroxyl groups is 2. The molecule has 5 nitrogen and oxygen atoms in total. The van der Waals surface area contributed by atoms with Crippen molar-refractivity contribution in [2.75, 3.05) is 45.9 Å². The lowest BCUT2D eigenvalue weighted by molar-refractivity contribution is -0.132. The second-order valence-corrected chi connectivity index (χ2v) is 7.25. The van der Waals surface area contributed by atoms with Gasteiger partial charge in [-0.15, -0.1) is 0 Å². The van der Waals surface area contributed by atoms with Gasteiger partial charge < -0.3 is 15.1 Å². The van der Waals surface area contributed by atoms with E-state index in [0.29, 0.717) is 26.1 Å². The number of nitrogens with zero attached hydrogens (tertiary/aromatic N) is 2. The molecule has 0 fully saturated rings. The Morgan fingerprint density at radius 2 is 1.23 bits per heavy atom. The molecule has 0 aliphatic heterocycles. The molecule has 0 spiro atoms. The molecule has 1 amide bonds. The predicted molar refractivity (Wildman–Crippen MR) is 109 cm³/mol. The molecule has 2 N–H and O–H groups in total. The predicted octanol–water partition coefficient (Wildman–Crippen LogP) is 3.43. The number of carbonyl (C=O) groups is 1. The highest BCUT2D eigenvalue weighted by molar-refractivity contribution is 5.76. The van der Waals surface area contributed by atoms with Crippen LogP contribution >= 0.6 is 0 Å². The molecule has 0 saturated carbocycles. The Morgan fingerprint density at radius 1 is 0.654 bits per heavy atom. The van der Waals surface area contributed by atoms with Crippen molar-refractivity contribution in [3.63, 3.8) is 0 Å². The Labute approximate surface area is 161 Å². The van der Waals surface area contributed by atoms with Gasteiger partial charge in [-0.2, -0.15) is 0 Å². The van der Waals surface area contributed by atoms with Crippen LogP contribution in [0.4, 0.5) is 0 Å². The topological polar surface area (TPSA) is 64.0 Å². The molecule has 5 heteroatoms. The maximum atomic E-state index is 12.4. The van der Waals surface area contributed by atoms with Crippen LogP contribution in [0.25, 0.3) is 0 Å². The minimum Gasteiger partial charge on any atom is -0.395 e. The summed E-state index contributed by atoms with van der Waals surface area (Å²) < 4.78 is 0. The lowest BCUT2D eigenvalue weighted by atomic mass is 10.1. The van der Waals surface area contributed by atoms with E-state index in [1.807, 2.05) is 0 Å². The molecule has 0 radical (unpaired) electrons. The molecule has 0 aromatic heterocycles. The second-order valence-electron chi connectivity index (χ2n) is 7.25. The third-order valence-electron chi connectivity index (χ3n) is 4.86. The molecule has 0 aliphatic carbocycles. The summed E-state index contributed by atoms with van der Waals surface area (Å²) in [5.74, 6) is 0.155. The summed E-state index contributed by atoms with van der Waals surface area (Å²) in [7, 11) is 0. The molecule has 26 heavy (non-hydrogen) atoms. The minimum absolute atomic E-state index is 0.0112. The van der Waals surface area contributed by atoms with Crippen LogP contribution in [-0.2, 0) is 4.79 Å². The van der Waals surface area contributed by atoms with Crippen LogP contribution in [0.15, 0.2) is 0 Å². The van der Waals surface area contributed by atoms with Gasteiger partial charge in [0.15, 0.2) is 0 Å². The molecule has 0 aromatic rings. The molecule has 0 bridgehead atoms. The van der Waals surface area contributed by atoms with Crippen molar-refractivity contribution in [2.24, 2.45) is 0 Å². The molecule has 0 rings (SSSR count). The summed E-state index contributed by atoms with van der Waals surface area (Å²) in [6, 6.07) is 0. The van der Waals surface area contributed by atoms with E-state index < -0.39 is 0 Å². The summed E-state index contributed by atoms with van der Waals surface area (Å²) in [4.78, 5) is 16.4. The zero-order valence-corrected chi connectivity index (χ0v) is 17.4. The fourth-order valence-corrected chi connectivity index (χ4v) is 3.28. The Bertz CT molecular complexity index is 308. The van der Waals surface area contributed by atoms with Crippen molar-refractivity contribution < 1.29 is 15.0 Å². The Hall–Kier alpha value is -0.650. The first-order valence-corrected chi connectivity index (χ1v) is 10.9. The van der Waals surface area contributed by atoms with Crippen molar-refractivity contribution in [3.05, 3.63) is 0 Å². The maximum absolute atomic E-state index is 12.4. The van der Waals surface area contributed by atoms with Gasteiger partial charge in [0.05, 0.1) is 13.2 Å². The number of rotatable bonds is 19. The molecule has 0 unspecified atom stereocenters. The SMILES string of the molecule is CCCCCCCCCCCC(=O)N(CCO)CCN(CCC)CCO. The first-order chi connectivity index (χ1) is 12.7. The largest absolute Gasteiger partial charge is 0.395 e. The second kappa shape index (κ2) is 19.1. The smallest absolute Gasteiger partial charge is 0.222 e. The summed E-state index contributed by atoms with van der Waals surface area (Å²) >= 11 is 0. The first kappa shape index (κ1) is 25.4. The molecule has 0 aliphatic rings. The molecule has 156 valence electrons. The van der Waals surface area contributed by atoms with Gasteiger partial charge in [0.25, 0.3) is 0 Å². The van der Waals surface area contributed by atoms with Gasteiger partial charge in [-0.05, 0) is 19.4 Å². The number of carbonyl (C=O) groups excluding carboxylic acids is 1. The summed E-state index contributed by atoms with van der Waals surface area (Å²) in [6.07, 6.45) is 12.9. The van der Waals surface area contributed by atoms with E-state index in [1.54, 1.807) is 4.90 Å². The minimum atomic E-state index is 0.0112. The van der Waals surface area contributed by atoms with Crippen LogP contribution in [-0.4, -0.2) is 71.9 Å². The van der Waals surface area contributed by atoms with Crippen LogP contribution in [0.1, 0.15) is 84.5 Å². The average molecular weight is 373 g/mol. The monoisotopic (exact) mass is 372 g/mol. The molecule has 0 aromatic carbocycles. The summed E-state index contributed by atoms with van der Waals surface area (Å²) in [5, 5.41) is 18.4. The molecule has 0 saturated heterocycles. The van der Waals surface area contributed by atoms with E-state index in [2.05, 4.69) is 18.7 Å². The first-order valence-electron chi connectivity index (χ1n) is 10.9. The lowest BCUT2D eigenvalue weighted by Gasteiger charge is -2.27. The molecular formula is C21H44N2O3. The van der Waals surface area contributed by atoms with Gasteiger partial charge in [0.1, 0.15) is 0 Å². The Balaban J connectivity index is 3.92. The number of amides is 1. The highest BCUT2D eigenvalue weighted by atomic mass is 16.3. The van der Waals surface area contributed by atoms with E-state index in [4.69, 9.17) is 5.11 Å². The standard InChI is InChI=1S/C21H44N2O3/c1-3-5-6-7-8-9-10-11-12-13-21(26)23(18-20-25)16-15-22(14-4-2)17-19-24/h24-25H,3-20H2,1-2H3. The fraction of sp³-hybridized carbons (Fsp3) is 0.952. The van der Waals surface area contributed by atoms with E-state index in [1.165, 1.54) is 44.9 Å². The molecule has 0 atom stereocenters. The number of unbranched alkanes of at least 4 members (excludes halogenated alkanes) is 8. The van der Waals surface area contributed by atoms with Crippen LogP contribution in [0.2, 0.25) is 0 Å². The van der Waals surface area contributed by atoms with Crippen LogP contribution < -0.4 is 0 Å². The van der Waals surface area contributed by atoms with Crippen molar-refractivity contribution in [3.8, 4) is 0 Å². The number of hydrogen-bond donors (Lipinski definition) is 2. The molecular weight excluding hydrogens is 328 g/mol. The van der Waals surface area contributed by atoms with E-state index in [0.717, 1.165) is 32.4 Å². The zero-order valence-electron chi connectivity index (χ0n) is 17.4. The average Bonchev–Trinajstić information content (AvgIpc) is 2.63. The van der Waals surface area contributed by atoms with Gasteiger partial charge >= 0.3 is 0 Å². The van der Waals surface area contributed by atoms with Crippen LogP contribution in [0.3, 0.4) is 0 Å². The number of hydrogen-bond acceptors (Lipinski definition) is 4. The Morgan fingerprint density at radius 3 is 1.77 bits per heavy atom. The van der Waals surface area contributed by atoms with E-state index >= 15 is 0 Å². The lowest BCUT2D eigenvalue weighted by Crippen LogP contribution is -2.41. The maximum Gasteiger partial charge on any atom is 0.222 e. The third-order valence-corrected chi connectivity index (χ3v) is 4.86. The van der Waals surface area contributed by atoms with Crippen molar-refractivity contribution in [1.29, 1.82) is 0 Å². The van der Waals surface area contributed by atoms with Crippen LogP contribution in [0, 0.1) is 0 Å². The Kier molecular flexibility index (Phi) is 18.6. The highest BCUT2D eigenvalue weighted by Gasteiger charge is 2.14. The van der Waals surface area contributed by atoms with Gasteiger partial charge in [0.2, 0.25) is 5.91 Å². The molecule has 0 heterocycles. The summed E-state index contributed by atoms with van der Waals surface area (Å²) in [6.45, 7) is 7.90. The van der Waals surface area contributed by atoms with Crippen molar-refractivity contribution in [2.45, 2.75) is 84.5 Å². The van der Waals surface area contributed by atoms with Gasteiger partial charge in [-0.3, -0.25) is 9.69 Å². The van der Waals surface area contributed by atoms with Crippen molar-refractivity contribution >= 4 is 5.91 Å². The number of aliphatic hydroxyl groups excluding tert-OH is 2. The van der Waals surface area contributed by atoms with E-state index in [-0.39, 0.29) is 19.1 Å². The fourth-order valence-electron chi connectivity index (χ4n) is 3.28. The summed E-state index contributed by atoms with van der Waals surface area (Å²) in [5.41, 5.74) is 0. The van der Waals surface area contributed by atoms with Gasteiger partial charge in [-0.25, -0.2) is 0 Å². The normalized spacial score (nSPS) is 11.3.